The van der Waals surface area contributed by atoms with Crippen LogP contribution in [0, 0.1) is 0 Å². The van der Waals surface area contributed by atoms with E-state index >= 15 is 0 Å². The molecule has 1 N–H and O–H groups in total. The molecule has 0 aliphatic carbocycles. The molecular formula is C15H32N4O. The highest BCUT2D eigenvalue weighted by Crippen LogP contribution is 1.99. The summed E-state index contributed by atoms with van der Waals surface area (Å²) in [6.45, 7) is 12.3. The first-order chi connectivity index (χ1) is 9.77. The molecule has 0 unspecified atom stereocenters. The average Bonchev–Trinajstić information content (AvgIpc) is 2.49. The van der Waals surface area contributed by atoms with Gasteiger partial charge in [0.15, 0.2) is 5.96 Å². The van der Waals surface area contributed by atoms with Gasteiger partial charge in [-0.05, 0) is 19.8 Å². The van der Waals surface area contributed by atoms with E-state index in [4.69, 9.17) is 9.73 Å². The van der Waals surface area contributed by atoms with Crippen LogP contribution in [0.25, 0.3) is 0 Å². The molecule has 0 spiro atoms. The Hall–Kier alpha value is -0.810. The standard InChI is InChI=1S/C15H32N4O/c1-4-6-9-18(3)15(16-5-2)17-8-7-10-19-11-13-20-14-12-19/h4-14H2,1-3H3,(H,16,17). The van der Waals surface area contributed by atoms with Crippen LogP contribution in [0.1, 0.15) is 33.1 Å². The predicted molar refractivity (Wildman–Crippen MR) is 85.4 cm³/mol. The molecule has 1 rings (SSSR count). The van der Waals surface area contributed by atoms with Crippen LogP contribution >= 0.6 is 0 Å². The molecule has 0 aromatic heterocycles. The molecule has 0 aromatic rings. The molecule has 118 valence electrons. The van der Waals surface area contributed by atoms with Crippen LogP contribution in [0.3, 0.4) is 0 Å². The van der Waals surface area contributed by atoms with Gasteiger partial charge in [0.1, 0.15) is 0 Å². The van der Waals surface area contributed by atoms with Gasteiger partial charge in [-0.25, -0.2) is 0 Å². The van der Waals surface area contributed by atoms with E-state index in [0.717, 1.165) is 64.9 Å². The molecular weight excluding hydrogens is 252 g/mol. The molecule has 1 fully saturated rings. The second-order valence-electron chi connectivity index (χ2n) is 5.32. The number of hydrogen-bond acceptors (Lipinski definition) is 3. The van der Waals surface area contributed by atoms with Crippen LogP contribution in [0.15, 0.2) is 4.99 Å². The Labute approximate surface area is 124 Å². The van der Waals surface area contributed by atoms with E-state index in [-0.39, 0.29) is 0 Å². The number of nitrogens with one attached hydrogen (secondary N) is 1. The van der Waals surface area contributed by atoms with Crippen molar-refractivity contribution in [1.82, 2.24) is 15.1 Å². The summed E-state index contributed by atoms with van der Waals surface area (Å²) in [5, 5.41) is 3.37. The molecule has 0 amide bonds. The SMILES string of the molecule is CCCCN(C)C(=NCCCN1CCOCC1)NCC. The van der Waals surface area contributed by atoms with E-state index in [9.17, 15) is 0 Å². The predicted octanol–water partition coefficient (Wildman–Crippen LogP) is 1.41. The van der Waals surface area contributed by atoms with Gasteiger partial charge < -0.3 is 15.0 Å². The summed E-state index contributed by atoms with van der Waals surface area (Å²) in [6, 6.07) is 0. The Kier molecular flexibility index (Phi) is 9.41. The van der Waals surface area contributed by atoms with Crippen LogP contribution in [-0.4, -0.2) is 75.3 Å². The molecule has 1 aliphatic rings. The third-order valence-electron chi connectivity index (χ3n) is 3.54. The first kappa shape index (κ1) is 17.2. The van der Waals surface area contributed by atoms with Crippen molar-refractivity contribution in [2.24, 2.45) is 4.99 Å². The summed E-state index contributed by atoms with van der Waals surface area (Å²) >= 11 is 0. The molecule has 0 aromatic carbocycles. The van der Waals surface area contributed by atoms with Gasteiger partial charge in [0.25, 0.3) is 0 Å². The lowest BCUT2D eigenvalue weighted by molar-refractivity contribution is 0.0377. The van der Waals surface area contributed by atoms with Crippen molar-refractivity contribution >= 4 is 5.96 Å². The zero-order chi connectivity index (χ0) is 14.6. The molecule has 1 heterocycles. The molecule has 0 bridgehead atoms. The Morgan fingerprint density at radius 1 is 1.25 bits per heavy atom. The number of morpholine rings is 1. The van der Waals surface area contributed by atoms with Crippen molar-refractivity contribution in [2.75, 3.05) is 59.5 Å². The van der Waals surface area contributed by atoms with E-state index in [1.54, 1.807) is 0 Å². The largest absolute Gasteiger partial charge is 0.379 e. The second-order valence-corrected chi connectivity index (χ2v) is 5.32. The van der Waals surface area contributed by atoms with Gasteiger partial charge in [-0.15, -0.1) is 0 Å². The van der Waals surface area contributed by atoms with Crippen LogP contribution in [0.4, 0.5) is 0 Å². The fraction of sp³-hybridized carbons (Fsp3) is 0.933. The van der Waals surface area contributed by atoms with Gasteiger partial charge in [-0.2, -0.15) is 0 Å². The molecule has 0 saturated carbocycles. The number of unbranched alkanes of at least 4 members (excludes halogenated alkanes) is 1. The van der Waals surface area contributed by atoms with Crippen LogP contribution in [-0.2, 0) is 4.74 Å². The minimum Gasteiger partial charge on any atom is -0.379 e. The van der Waals surface area contributed by atoms with Crippen molar-refractivity contribution in [3.05, 3.63) is 0 Å². The second kappa shape index (κ2) is 10.9. The minimum absolute atomic E-state index is 0.881. The summed E-state index contributed by atoms with van der Waals surface area (Å²) in [5.41, 5.74) is 0. The lowest BCUT2D eigenvalue weighted by Gasteiger charge is -2.26. The van der Waals surface area contributed by atoms with Crippen molar-refractivity contribution < 1.29 is 4.74 Å². The number of aliphatic imine (C=N–C) groups is 1. The Balaban J connectivity index is 2.26. The first-order valence-electron chi connectivity index (χ1n) is 8.07. The third-order valence-corrected chi connectivity index (χ3v) is 3.54. The maximum atomic E-state index is 5.36. The molecule has 0 radical (unpaired) electrons. The van der Waals surface area contributed by atoms with Crippen LogP contribution < -0.4 is 5.32 Å². The average molecular weight is 284 g/mol. The molecule has 5 nitrogen and oxygen atoms in total. The van der Waals surface area contributed by atoms with Gasteiger partial charge >= 0.3 is 0 Å². The topological polar surface area (TPSA) is 40.1 Å². The summed E-state index contributed by atoms with van der Waals surface area (Å²) in [5.74, 6) is 1.04. The number of guanidine groups is 1. The summed E-state index contributed by atoms with van der Waals surface area (Å²) in [7, 11) is 2.12. The number of rotatable bonds is 8. The lowest BCUT2D eigenvalue weighted by atomic mass is 10.3. The van der Waals surface area contributed by atoms with E-state index in [1.165, 1.54) is 12.8 Å². The highest BCUT2D eigenvalue weighted by atomic mass is 16.5. The molecule has 5 heteroatoms. The van der Waals surface area contributed by atoms with E-state index < -0.39 is 0 Å². The zero-order valence-corrected chi connectivity index (χ0v) is 13.5. The maximum absolute atomic E-state index is 5.36. The Bertz CT molecular complexity index is 265. The van der Waals surface area contributed by atoms with Crippen molar-refractivity contribution in [3.63, 3.8) is 0 Å². The third kappa shape index (κ3) is 7.10. The monoisotopic (exact) mass is 284 g/mol. The van der Waals surface area contributed by atoms with E-state index in [0.29, 0.717) is 0 Å². The highest BCUT2D eigenvalue weighted by molar-refractivity contribution is 5.79. The van der Waals surface area contributed by atoms with Gasteiger partial charge in [-0.3, -0.25) is 9.89 Å². The minimum atomic E-state index is 0.881. The van der Waals surface area contributed by atoms with E-state index in [2.05, 4.69) is 36.0 Å². The van der Waals surface area contributed by atoms with Crippen molar-refractivity contribution in [3.8, 4) is 0 Å². The molecule has 1 aliphatic heterocycles. The van der Waals surface area contributed by atoms with Gasteiger partial charge in [0, 0.05) is 46.3 Å². The first-order valence-corrected chi connectivity index (χ1v) is 8.07. The summed E-state index contributed by atoms with van der Waals surface area (Å²) in [6.07, 6.45) is 3.56. The quantitative estimate of drug-likeness (QED) is 0.416. The molecule has 20 heavy (non-hydrogen) atoms. The summed E-state index contributed by atoms with van der Waals surface area (Å²) in [4.78, 5) is 9.43. The van der Waals surface area contributed by atoms with Crippen LogP contribution in [0.5, 0.6) is 0 Å². The van der Waals surface area contributed by atoms with Crippen molar-refractivity contribution in [1.29, 1.82) is 0 Å². The van der Waals surface area contributed by atoms with Gasteiger partial charge in [0.05, 0.1) is 13.2 Å². The normalized spacial score (nSPS) is 17.2. The Morgan fingerprint density at radius 2 is 2.00 bits per heavy atom. The zero-order valence-electron chi connectivity index (χ0n) is 13.5. The van der Waals surface area contributed by atoms with E-state index in [1.807, 2.05) is 0 Å². The smallest absolute Gasteiger partial charge is 0.193 e. The number of hydrogen-bond donors (Lipinski definition) is 1. The van der Waals surface area contributed by atoms with Crippen LogP contribution in [0.2, 0.25) is 0 Å². The van der Waals surface area contributed by atoms with Gasteiger partial charge in [-0.1, -0.05) is 13.3 Å². The lowest BCUT2D eigenvalue weighted by Crippen LogP contribution is -2.40. The van der Waals surface area contributed by atoms with Gasteiger partial charge in [0.2, 0.25) is 0 Å². The molecule has 0 atom stereocenters. The maximum Gasteiger partial charge on any atom is 0.193 e. The number of nitrogens with zero attached hydrogens (tertiary/aromatic N) is 3. The van der Waals surface area contributed by atoms with Crippen molar-refractivity contribution in [2.45, 2.75) is 33.1 Å². The fourth-order valence-electron chi connectivity index (χ4n) is 2.27. The summed E-state index contributed by atoms with van der Waals surface area (Å²) < 4.78 is 5.36. The highest BCUT2D eigenvalue weighted by Gasteiger charge is 2.09. The Morgan fingerprint density at radius 3 is 2.65 bits per heavy atom. The molecule has 1 saturated heterocycles. The fourth-order valence-corrected chi connectivity index (χ4v) is 2.27. The number of ether oxygens (including phenoxy) is 1.